The van der Waals surface area contributed by atoms with Gasteiger partial charge < -0.3 is 15.8 Å². The van der Waals surface area contributed by atoms with Crippen LogP contribution in [0.4, 0.5) is 0 Å². The van der Waals surface area contributed by atoms with Crippen molar-refractivity contribution in [3.63, 3.8) is 0 Å². The summed E-state index contributed by atoms with van der Waals surface area (Å²) in [6, 6.07) is 17.4. The quantitative estimate of drug-likeness (QED) is 0.731. The Balaban J connectivity index is 2.20. The summed E-state index contributed by atoms with van der Waals surface area (Å²) >= 11 is 0. The Labute approximate surface area is 144 Å². The van der Waals surface area contributed by atoms with E-state index in [0.29, 0.717) is 24.8 Å². The Kier molecular flexibility index (Phi) is 6.82. The van der Waals surface area contributed by atoms with Crippen molar-refractivity contribution in [2.24, 2.45) is 5.73 Å². The van der Waals surface area contributed by atoms with Crippen molar-refractivity contribution in [2.45, 2.75) is 32.3 Å². The van der Waals surface area contributed by atoms with Gasteiger partial charge in [0, 0.05) is 12.1 Å². The van der Waals surface area contributed by atoms with Gasteiger partial charge in [-0.05, 0) is 36.6 Å². The first-order valence-electron chi connectivity index (χ1n) is 8.41. The topological polar surface area (TPSA) is 64.3 Å². The highest BCUT2D eigenvalue weighted by atomic mass is 16.5. The fourth-order valence-electron chi connectivity index (χ4n) is 2.39. The largest absolute Gasteiger partial charge is 0.476 e. The smallest absolute Gasteiger partial charge is 0.265 e. The van der Waals surface area contributed by atoms with Crippen molar-refractivity contribution >= 4 is 5.91 Å². The molecule has 0 aromatic heterocycles. The zero-order valence-corrected chi connectivity index (χ0v) is 14.4. The summed E-state index contributed by atoms with van der Waals surface area (Å²) in [7, 11) is 0. The van der Waals surface area contributed by atoms with Crippen LogP contribution >= 0.6 is 0 Å². The highest BCUT2D eigenvalue weighted by Gasteiger charge is 2.22. The summed E-state index contributed by atoms with van der Waals surface area (Å²) in [6.45, 7) is 5.36. The van der Waals surface area contributed by atoms with Gasteiger partial charge in [0.15, 0.2) is 0 Å². The monoisotopic (exact) mass is 326 g/mol. The summed E-state index contributed by atoms with van der Waals surface area (Å²) < 4.78 is 6.04. The molecule has 1 unspecified atom stereocenters. The van der Waals surface area contributed by atoms with Crippen LogP contribution in [0.2, 0.25) is 0 Å². The van der Waals surface area contributed by atoms with E-state index >= 15 is 0 Å². The maximum atomic E-state index is 12.6. The fraction of sp³-hybridized carbons (Fsp3) is 0.350. The van der Waals surface area contributed by atoms with Crippen LogP contribution in [0.15, 0.2) is 54.6 Å². The number of carbonyl (C=O) groups excluding carboxylic acids is 1. The molecule has 24 heavy (non-hydrogen) atoms. The minimum absolute atomic E-state index is 0.149. The zero-order chi connectivity index (χ0) is 17.4. The van der Waals surface area contributed by atoms with Gasteiger partial charge in [-0.1, -0.05) is 56.3 Å². The predicted octanol–water partition coefficient (Wildman–Crippen LogP) is 3.40. The molecule has 0 heterocycles. The molecular weight excluding hydrogens is 300 g/mol. The first kappa shape index (κ1) is 18.0. The average Bonchev–Trinajstić information content (AvgIpc) is 2.60. The number of hydrogen-bond acceptors (Lipinski definition) is 3. The normalized spacial score (nSPS) is 12.0. The maximum absolute atomic E-state index is 12.6. The van der Waals surface area contributed by atoms with Crippen LogP contribution in [0, 0.1) is 0 Å². The van der Waals surface area contributed by atoms with Gasteiger partial charge in [0.25, 0.3) is 5.91 Å². The molecule has 0 saturated carbocycles. The highest BCUT2D eigenvalue weighted by molar-refractivity contribution is 5.82. The predicted molar refractivity (Wildman–Crippen MR) is 97.0 cm³/mol. The molecule has 2 aromatic carbocycles. The minimum Gasteiger partial charge on any atom is -0.476 e. The van der Waals surface area contributed by atoms with E-state index in [9.17, 15) is 4.79 Å². The number of carbonyl (C=O) groups is 1. The van der Waals surface area contributed by atoms with Crippen LogP contribution in [0.3, 0.4) is 0 Å². The van der Waals surface area contributed by atoms with Crippen LogP contribution in [-0.2, 0) is 4.79 Å². The van der Waals surface area contributed by atoms with E-state index in [1.165, 1.54) is 5.56 Å². The second-order valence-corrected chi connectivity index (χ2v) is 6.07. The van der Waals surface area contributed by atoms with E-state index in [1.807, 2.05) is 48.5 Å². The summed E-state index contributed by atoms with van der Waals surface area (Å²) in [5.41, 5.74) is 7.50. The van der Waals surface area contributed by atoms with Gasteiger partial charge in [-0.3, -0.25) is 4.79 Å². The molecule has 3 N–H and O–H groups in total. The van der Waals surface area contributed by atoms with Gasteiger partial charge in [0.05, 0.1) is 0 Å². The lowest BCUT2D eigenvalue weighted by molar-refractivity contribution is -0.128. The highest BCUT2D eigenvalue weighted by Crippen LogP contribution is 2.25. The Morgan fingerprint density at radius 2 is 1.79 bits per heavy atom. The molecule has 0 radical (unpaired) electrons. The standard InChI is InChI=1S/C20H26N2O2/c1-15(2)17-10-6-11-18(14-17)24-19(16-8-4-3-5-9-16)20(23)22-13-7-12-21/h3-6,8-11,14-15,19H,7,12-13,21H2,1-2H3,(H,22,23). The summed E-state index contributed by atoms with van der Waals surface area (Å²) in [4.78, 5) is 12.6. The molecule has 1 atom stereocenters. The van der Waals surface area contributed by atoms with Gasteiger partial charge >= 0.3 is 0 Å². The van der Waals surface area contributed by atoms with E-state index in [4.69, 9.17) is 10.5 Å². The van der Waals surface area contributed by atoms with E-state index < -0.39 is 6.10 Å². The second kappa shape index (κ2) is 9.08. The lowest BCUT2D eigenvalue weighted by atomic mass is 10.0. The fourth-order valence-corrected chi connectivity index (χ4v) is 2.39. The molecule has 0 bridgehead atoms. The number of benzene rings is 2. The number of hydrogen-bond donors (Lipinski definition) is 2. The number of nitrogens with one attached hydrogen (secondary N) is 1. The van der Waals surface area contributed by atoms with Gasteiger partial charge in [0.2, 0.25) is 6.10 Å². The summed E-state index contributed by atoms with van der Waals surface area (Å²) in [6.07, 6.45) is 0.0715. The molecule has 2 aromatic rings. The third-order valence-electron chi connectivity index (χ3n) is 3.80. The van der Waals surface area contributed by atoms with Crippen LogP contribution in [0.25, 0.3) is 0 Å². The maximum Gasteiger partial charge on any atom is 0.265 e. The number of ether oxygens (including phenoxy) is 1. The van der Waals surface area contributed by atoms with Crippen molar-refractivity contribution < 1.29 is 9.53 Å². The van der Waals surface area contributed by atoms with Gasteiger partial charge in [0.1, 0.15) is 5.75 Å². The molecule has 4 nitrogen and oxygen atoms in total. The van der Waals surface area contributed by atoms with Gasteiger partial charge in [-0.15, -0.1) is 0 Å². The average molecular weight is 326 g/mol. The minimum atomic E-state index is -0.675. The zero-order valence-electron chi connectivity index (χ0n) is 14.4. The molecule has 0 aliphatic heterocycles. The van der Waals surface area contributed by atoms with Crippen LogP contribution in [-0.4, -0.2) is 19.0 Å². The molecule has 1 amide bonds. The van der Waals surface area contributed by atoms with E-state index in [0.717, 1.165) is 12.0 Å². The molecule has 128 valence electrons. The van der Waals surface area contributed by atoms with E-state index in [2.05, 4.69) is 25.2 Å². The molecule has 0 aliphatic carbocycles. The second-order valence-electron chi connectivity index (χ2n) is 6.07. The van der Waals surface area contributed by atoms with Crippen molar-refractivity contribution in [3.8, 4) is 5.75 Å². The Hall–Kier alpha value is -2.33. The van der Waals surface area contributed by atoms with Gasteiger partial charge in [-0.2, -0.15) is 0 Å². The Bertz CT molecular complexity index is 641. The Morgan fingerprint density at radius 3 is 2.46 bits per heavy atom. The third-order valence-corrected chi connectivity index (χ3v) is 3.80. The van der Waals surface area contributed by atoms with E-state index in [1.54, 1.807) is 0 Å². The van der Waals surface area contributed by atoms with Crippen molar-refractivity contribution in [1.29, 1.82) is 0 Å². The lowest BCUT2D eigenvalue weighted by Gasteiger charge is -2.20. The molecule has 0 spiro atoms. The number of nitrogens with two attached hydrogens (primary N) is 1. The molecule has 0 saturated heterocycles. The third kappa shape index (κ3) is 5.10. The van der Waals surface area contributed by atoms with Crippen molar-refractivity contribution in [3.05, 3.63) is 65.7 Å². The number of amides is 1. The molecule has 0 aliphatic rings. The van der Waals surface area contributed by atoms with Gasteiger partial charge in [-0.25, -0.2) is 0 Å². The molecule has 0 fully saturated rings. The summed E-state index contributed by atoms with van der Waals surface area (Å²) in [5, 5.41) is 2.90. The molecule has 4 heteroatoms. The van der Waals surface area contributed by atoms with Crippen LogP contribution in [0.5, 0.6) is 5.75 Å². The molecule has 2 rings (SSSR count). The van der Waals surface area contributed by atoms with Crippen molar-refractivity contribution in [2.75, 3.05) is 13.1 Å². The first-order chi connectivity index (χ1) is 11.6. The molecular formula is C20H26N2O2. The van der Waals surface area contributed by atoms with Crippen LogP contribution in [0.1, 0.15) is 43.4 Å². The SMILES string of the molecule is CC(C)c1cccc(OC(C(=O)NCCCN)c2ccccc2)c1. The number of rotatable bonds is 8. The Morgan fingerprint density at radius 1 is 1.08 bits per heavy atom. The summed E-state index contributed by atoms with van der Waals surface area (Å²) in [5.74, 6) is 0.954. The van der Waals surface area contributed by atoms with E-state index in [-0.39, 0.29) is 5.91 Å². The first-order valence-corrected chi connectivity index (χ1v) is 8.41. The van der Waals surface area contributed by atoms with Crippen molar-refractivity contribution in [1.82, 2.24) is 5.32 Å². The van der Waals surface area contributed by atoms with Crippen LogP contribution < -0.4 is 15.8 Å². The lowest BCUT2D eigenvalue weighted by Crippen LogP contribution is -2.33.